The Balaban J connectivity index is 2.66. The summed E-state index contributed by atoms with van der Waals surface area (Å²) in [5.41, 5.74) is 0. The van der Waals surface area contributed by atoms with Gasteiger partial charge in [0.05, 0.1) is 12.2 Å². The molecule has 1 fully saturated rings. The van der Waals surface area contributed by atoms with Crippen LogP contribution in [0.1, 0.15) is 26.2 Å². The zero-order chi connectivity index (χ0) is 11.5. The van der Waals surface area contributed by atoms with Crippen LogP contribution in [-0.4, -0.2) is 32.9 Å². The van der Waals surface area contributed by atoms with Gasteiger partial charge in [0.15, 0.2) is 5.25 Å². The summed E-state index contributed by atoms with van der Waals surface area (Å²) < 4.78 is 30.9. The molecule has 5 nitrogen and oxygen atoms in total. The fourth-order valence-corrected chi connectivity index (χ4v) is 2.76. The van der Waals surface area contributed by atoms with Crippen LogP contribution in [0.4, 0.5) is 0 Å². The molecule has 1 rings (SSSR count). The third-order valence-electron chi connectivity index (χ3n) is 2.72. The summed E-state index contributed by atoms with van der Waals surface area (Å²) in [6.45, 7) is 1.37. The van der Waals surface area contributed by atoms with Crippen LogP contribution in [0.3, 0.4) is 0 Å². The van der Waals surface area contributed by atoms with Crippen LogP contribution >= 0.6 is 0 Å². The van der Waals surface area contributed by atoms with Gasteiger partial charge in [0.2, 0.25) is 10.0 Å². The van der Waals surface area contributed by atoms with Crippen LogP contribution in [-0.2, 0) is 14.8 Å². The number of nitrogens with zero attached hydrogens (tertiary/aromatic N) is 1. The molecule has 0 radical (unpaired) electrons. The van der Waals surface area contributed by atoms with E-state index in [1.165, 1.54) is 6.92 Å². The maximum atomic E-state index is 11.6. The molecule has 1 aliphatic carbocycles. The van der Waals surface area contributed by atoms with E-state index in [4.69, 9.17) is 10.00 Å². The van der Waals surface area contributed by atoms with Crippen LogP contribution in [0.5, 0.6) is 0 Å². The lowest BCUT2D eigenvalue weighted by Gasteiger charge is -2.20. The van der Waals surface area contributed by atoms with Gasteiger partial charge in [0, 0.05) is 13.2 Å². The van der Waals surface area contributed by atoms with Crippen molar-refractivity contribution in [3.05, 3.63) is 0 Å². The summed E-state index contributed by atoms with van der Waals surface area (Å²) in [5, 5.41) is 7.55. The van der Waals surface area contributed by atoms with Crippen molar-refractivity contribution >= 4 is 10.0 Å². The number of methoxy groups -OCH3 is 1. The van der Waals surface area contributed by atoms with Gasteiger partial charge in [-0.05, 0) is 26.2 Å². The predicted molar refractivity (Wildman–Crippen MR) is 55.6 cm³/mol. The normalized spacial score (nSPS) is 28.6. The van der Waals surface area contributed by atoms with E-state index in [0.29, 0.717) is 0 Å². The van der Waals surface area contributed by atoms with Crippen molar-refractivity contribution < 1.29 is 13.2 Å². The van der Waals surface area contributed by atoms with Gasteiger partial charge in [-0.25, -0.2) is 13.1 Å². The highest BCUT2D eigenvalue weighted by atomic mass is 32.2. The van der Waals surface area contributed by atoms with Crippen molar-refractivity contribution in [2.24, 2.45) is 0 Å². The Morgan fingerprint density at radius 1 is 1.53 bits per heavy atom. The minimum absolute atomic E-state index is 0.0642. The molecular formula is C9H16N2O3S. The Morgan fingerprint density at radius 3 is 2.73 bits per heavy atom. The number of nitrogens with one attached hydrogen (secondary N) is 1. The Hall–Kier alpha value is -0.640. The highest BCUT2D eigenvalue weighted by Gasteiger charge is 2.32. The van der Waals surface area contributed by atoms with Crippen molar-refractivity contribution in [2.75, 3.05) is 7.11 Å². The SMILES string of the molecule is COC1CCCC1NS(=O)(=O)C(C)C#N. The molecule has 0 spiro atoms. The van der Waals surface area contributed by atoms with E-state index in [-0.39, 0.29) is 12.1 Å². The van der Waals surface area contributed by atoms with Crippen molar-refractivity contribution in [1.82, 2.24) is 4.72 Å². The topological polar surface area (TPSA) is 79.2 Å². The van der Waals surface area contributed by atoms with Gasteiger partial charge in [-0.2, -0.15) is 5.26 Å². The first-order chi connectivity index (χ1) is 7.01. The molecular weight excluding hydrogens is 216 g/mol. The van der Waals surface area contributed by atoms with Crippen LogP contribution in [0.15, 0.2) is 0 Å². The van der Waals surface area contributed by atoms with Crippen LogP contribution in [0.2, 0.25) is 0 Å². The Kier molecular flexibility index (Phi) is 4.08. The van der Waals surface area contributed by atoms with E-state index in [2.05, 4.69) is 4.72 Å². The van der Waals surface area contributed by atoms with Crippen LogP contribution < -0.4 is 4.72 Å². The second kappa shape index (κ2) is 4.92. The quantitative estimate of drug-likeness (QED) is 0.760. The van der Waals surface area contributed by atoms with Gasteiger partial charge in [-0.15, -0.1) is 0 Å². The summed E-state index contributed by atoms with van der Waals surface area (Å²) in [4.78, 5) is 0. The van der Waals surface area contributed by atoms with Gasteiger partial charge in [-0.1, -0.05) is 0 Å². The average molecular weight is 232 g/mol. The molecule has 6 heteroatoms. The standard InChI is InChI=1S/C9H16N2O3S/c1-7(6-10)15(12,13)11-8-4-3-5-9(8)14-2/h7-9,11H,3-5H2,1-2H3. The molecule has 1 N–H and O–H groups in total. The third-order valence-corrected chi connectivity index (χ3v) is 4.39. The fraction of sp³-hybridized carbons (Fsp3) is 0.889. The zero-order valence-electron chi connectivity index (χ0n) is 8.93. The van der Waals surface area contributed by atoms with E-state index < -0.39 is 15.3 Å². The lowest BCUT2D eigenvalue weighted by atomic mass is 10.2. The number of rotatable bonds is 4. The molecule has 0 aromatic carbocycles. The smallest absolute Gasteiger partial charge is 0.228 e. The highest BCUT2D eigenvalue weighted by molar-refractivity contribution is 7.90. The Morgan fingerprint density at radius 2 is 2.20 bits per heavy atom. The van der Waals surface area contributed by atoms with Crippen molar-refractivity contribution in [1.29, 1.82) is 5.26 Å². The first kappa shape index (κ1) is 12.4. The molecule has 0 bridgehead atoms. The van der Waals surface area contributed by atoms with Gasteiger partial charge in [0.1, 0.15) is 0 Å². The van der Waals surface area contributed by atoms with E-state index in [1.54, 1.807) is 13.2 Å². The molecule has 3 atom stereocenters. The predicted octanol–water partition coefficient (Wildman–Crippen LogP) is 0.385. The highest BCUT2D eigenvalue weighted by Crippen LogP contribution is 2.22. The largest absolute Gasteiger partial charge is 0.380 e. The summed E-state index contributed by atoms with van der Waals surface area (Å²) in [5.74, 6) is 0. The number of nitriles is 1. The monoisotopic (exact) mass is 232 g/mol. The minimum Gasteiger partial charge on any atom is -0.380 e. The maximum absolute atomic E-state index is 11.6. The van der Waals surface area contributed by atoms with Gasteiger partial charge >= 0.3 is 0 Å². The van der Waals surface area contributed by atoms with Crippen molar-refractivity contribution in [3.8, 4) is 6.07 Å². The van der Waals surface area contributed by atoms with Crippen LogP contribution in [0, 0.1) is 11.3 Å². The molecule has 86 valence electrons. The molecule has 1 saturated carbocycles. The van der Waals surface area contributed by atoms with E-state index >= 15 is 0 Å². The molecule has 0 saturated heterocycles. The minimum atomic E-state index is -3.53. The van der Waals surface area contributed by atoms with E-state index in [0.717, 1.165) is 19.3 Å². The second-order valence-corrected chi connectivity index (χ2v) is 5.78. The first-order valence-electron chi connectivity index (χ1n) is 4.95. The molecule has 0 aliphatic heterocycles. The van der Waals surface area contributed by atoms with E-state index in [1.807, 2.05) is 0 Å². The molecule has 0 heterocycles. The maximum Gasteiger partial charge on any atom is 0.228 e. The fourth-order valence-electron chi connectivity index (χ4n) is 1.73. The lowest BCUT2D eigenvalue weighted by molar-refractivity contribution is 0.0916. The summed E-state index contributed by atoms with van der Waals surface area (Å²) in [6.07, 6.45) is 2.53. The number of ether oxygens (including phenoxy) is 1. The molecule has 0 aromatic rings. The van der Waals surface area contributed by atoms with Gasteiger partial charge in [0.25, 0.3) is 0 Å². The number of hydrogen-bond donors (Lipinski definition) is 1. The van der Waals surface area contributed by atoms with E-state index in [9.17, 15) is 8.42 Å². The number of sulfonamides is 1. The third kappa shape index (κ3) is 2.91. The molecule has 0 aromatic heterocycles. The Bertz CT molecular complexity index is 347. The molecule has 0 amide bonds. The van der Waals surface area contributed by atoms with Gasteiger partial charge < -0.3 is 4.74 Å². The van der Waals surface area contributed by atoms with Crippen molar-refractivity contribution in [2.45, 2.75) is 43.6 Å². The van der Waals surface area contributed by atoms with Crippen molar-refractivity contribution in [3.63, 3.8) is 0 Å². The lowest BCUT2D eigenvalue weighted by Crippen LogP contribution is -2.43. The van der Waals surface area contributed by atoms with Gasteiger partial charge in [-0.3, -0.25) is 0 Å². The molecule has 1 aliphatic rings. The summed E-state index contributed by atoms with van der Waals surface area (Å²) in [7, 11) is -1.95. The second-order valence-electron chi connectivity index (χ2n) is 3.75. The summed E-state index contributed by atoms with van der Waals surface area (Å²) >= 11 is 0. The zero-order valence-corrected chi connectivity index (χ0v) is 9.75. The molecule has 3 unspecified atom stereocenters. The first-order valence-corrected chi connectivity index (χ1v) is 6.49. The Labute approximate surface area is 90.5 Å². The molecule has 15 heavy (non-hydrogen) atoms. The summed E-state index contributed by atoms with van der Waals surface area (Å²) in [6, 6.07) is 1.54. The number of hydrogen-bond acceptors (Lipinski definition) is 4. The average Bonchev–Trinajstić information content (AvgIpc) is 2.63. The van der Waals surface area contributed by atoms with Crippen LogP contribution in [0.25, 0.3) is 0 Å².